The highest BCUT2D eigenvalue weighted by atomic mass is 35.5. The molecule has 0 saturated heterocycles. The van der Waals surface area contributed by atoms with Crippen LogP contribution >= 0.6 is 11.6 Å². The maximum absolute atomic E-state index is 11.0. The van der Waals surface area contributed by atoms with Crippen molar-refractivity contribution < 1.29 is 4.79 Å². The molecular formula is C17H15ClN6O. The Labute approximate surface area is 149 Å². The summed E-state index contributed by atoms with van der Waals surface area (Å²) in [5.74, 6) is 0.787. The van der Waals surface area contributed by atoms with Crippen molar-refractivity contribution in [3.63, 3.8) is 0 Å². The van der Waals surface area contributed by atoms with Crippen LogP contribution in [0.3, 0.4) is 0 Å². The molecule has 2 aromatic carbocycles. The third-order valence-electron chi connectivity index (χ3n) is 3.14. The van der Waals surface area contributed by atoms with Crippen molar-refractivity contribution in [2.75, 3.05) is 16.0 Å². The third kappa shape index (κ3) is 4.89. The number of benzene rings is 2. The molecule has 0 atom stereocenters. The van der Waals surface area contributed by atoms with Gasteiger partial charge in [0.05, 0.1) is 6.20 Å². The molecule has 0 saturated carbocycles. The summed E-state index contributed by atoms with van der Waals surface area (Å²) in [4.78, 5) is 15.4. The molecule has 3 rings (SSSR count). The lowest BCUT2D eigenvalue weighted by Crippen LogP contribution is -2.05. The number of carbonyl (C=O) groups is 1. The first kappa shape index (κ1) is 16.7. The van der Waals surface area contributed by atoms with Crippen LogP contribution in [0.4, 0.5) is 28.8 Å². The predicted molar refractivity (Wildman–Crippen MR) is 98.6 cm³/mol. The van der Waals surface area contributed by atoms with Gasteiger partial charge in [0.15, 0.2) is 5.82 Å². The van der Waals surface area contributed by atoms with Crippen molar-refractivity contribution in [2.45, 2.75) is 6.92 Å². The van der Waals surface area contributed by atoms with Crippen LogP contribution in [0.15, 0.2) is 54.7 Å². The van der Waals surface area contributed by atoms with E-state index in [1.54, 1.807) is 24.3 Å². The Morgan fingerprint density at radius 3 is 2.20 bits per heavy atom. The Balaban J connectivity index is 1.68. The van der Waals surface area contributed by atoms with Crippen LogP contribution in [-0.2, 0) is 4.79 Å². The van der Waals surface area contributed by atoms with Gasteiger partial charge in [-0.05, 0) is 48.5 Å². The monoisotopic (exact) mass is 354 g/mol. The second kappa shape index (κ2) is 7.59. The van der Waals surface area contributed by atoms with E-state index in [0.29, 0.717) is 16.8 Å². The van der Waals surface area contributed by atoms with E-state index < -0.39 is 0 Å². The van der Waals surface area contributed by atoms with Gasteiger partial charge in [0.1, 0.15) is 0 Å². The van der Waals surface area contributed by atoms with Gasteiger partial charge in [-0.25, -0.2) is 0 Å². The molecule has 25 heavy (non-hydrogen) atoms. The molecule has 0 unspecified atom stereocenters. The van der Waals surface area contributed by atoms with Gasteiger partial charge in [-0.2, -0.15) is 10.1 Å². The van der Waals surface area contributed by atoms with Crippen molar-refractivity contribution in [1.29, 1.82) is 0 Å². The lowest BCUT2D eigenvalue weighted by Gasteiger charge is -2.08. The Bertz CT molecular complexity index is 867. The van der Waals surface area contributed by atoms with Crippen LogP contribution < -0.4 is 16.0 Å². The van der Waals surface area contributed by atoms with E-state index in [0.717, 1.165) is 17.1 Å². The van der Waals surface area contributed by atoms with Gasteiger partial charge < -0.3 is 16.0 Å². The molecule has 0 bridgehead atoms. The zero-order valence-corrected chi connectivity index (χ0v) is 14.1. The smallest absolute Gasteiger partial charge is 0.249 e. The first-order chi connectivity index (χ1) is 12.1. The van der Waals surface area contributed by atoms with Crippen LogP contribution in [0.2, 0.25) is 5.02 Å². The van der Waals surface area contributed by atoms with Gasteiger partial charge in [0.25, 0.3) is 0 Å². The van der Waals surface area contributed by atoms with Gasteiger partial charge in [0.2, 0.25) is 11.9 Å². The third-order valence-corrected chi connectivity index (χ3v) is 3.39. The minimum atomic E-state index is -0.116. The summed E-state index contributed by atoms with van der Waals surface area (Å²) in [5.41, 5.74) is 2.34. The summed E-state index contributed by atoms with van der Waals surface area (Å²) in [5, 5.41) is 17.4. The quantitative estimate of drug-likeness (QED) is 0.642. The van der Waals surface area contributed by atoms with Gasteiger partial charge in [-0.3, -0.25) is 4.79 Å². The summed E-state index contributed by atoms with van der Waals surface area (Å²) >= 11 is 5.87. The second-order valence-electron chi connectivity index (χ2n) is 5.18. The summed E-state index contributed by atoms with van der Waals surface area (Å²) in [6.45, 7) is 1.46. The van der Waals surface area contributed by atoms with Crippen molar-refractivity contribution in [3.05, 3.63) is 59.8 Å². The fraction of sp³-hybridized carbons (Fsp3) is 0.0588. The molecule has 7 nitrogen and oxygen atoms in total. The molecule has 0 fully saturated rings. The molecule has 3 aromatic rings. The maximum Gasteiger partial charge on any atom is 0.249 e. The van der Waals surface area contributed by atoms with Crippen molar-refractivity contribution in [1.82, 2.24) is 15.2 Å². The number of rotatable bonds is 5. The summed E-state index contributed by atoms with van der Waals surface area (Å²) < 4.78 is 0. The van der Waals surface area contributed by atoms with Crippen LogP contribution in [0.25, 0.3) is 0 Å². The van der Waals surface area contributed by atoms with E-state index in [4.69, 9.17) is 11.6 Å². The topological polar surface area (TPSA) is 91.8 Å². The largest absolute Gasteiger partial charge is 0.339 e. The van der Waals surface area contributed by atoms with Crippen LogP contribution in [0, 0.1) is 0 Å². The molecule has 0 aliphatic rings. The van der Waals surface area contributed by atoms with E-state index in [1.807, 2.05) is 24.3 Å². The Morgan fingerprint density at radius 2 is 1.52 bits per heavy atom. The first-order valence-electron chi connectivity index (χ1n) is 7.45. The lowest BCUT2D eigenvalue weighted by atomic mass is 10.3. The highest BCUT2D eigenvalue weighted by Crippen LogP contribution is 2.19. The molecule has 1 heterocycles. The minimum absolute atomic E-state index is 0.116. The molecule has 0 aliphatic carbocycles. The highest BCUT2D eigenvalue weighted by Gasteiger charge is 2.03. The average molecular weight is 355 g/mol. The zero-order valence-electron chi connectivity index (χ0n) is 13.3. The van der Waals surface area contributed by atoms with E-state index >= 15 is 0 Å². The first-order valence-corrected chi connectivity index (χ1v) is 7.83. The number of anilines is 5. The summed E-state index contributed by atoms with van der Waals surface area (Å²) in [6, 6.07) is 14.5. The molecule has 126 valence electrons. The van der Waals surface area contributed by atoms with Gasteiger partial charge in [-0.15, -0.1) is 5.10 Å². The van der Waals surface area contributed by atoms with E-state index in [9.17, 15) is 4.79 Å². The predicted octanol–water partition coefficient (Wildman–Crippen LogP) is 3.97. The molecule has 0 aliphatic heterocycles. The van der Waals surface area contributed by atoms with E-state index in [2.05, 4.69) is 31.1 Å². The maximum atomic E-state index is 11.0. The number of nitrogens with zero attached hydrogens (tertiary/aromatic N) is 3. The fourth-order valence-corrected chi connectivity index (χ4v) is 2.19. The van der Waals surface area contributed by atoms with E-state index in [1.165, 1.54) is 13.1 Å². The SMILES string of the molecule is CC(=O)Nc1ccc(Nc2nncc(Nc3ccc(Cl)cc3)n2)cc1. The molecule has 3 N–H and O–H groups in total. The Kier molecular flexibility index (Phi) is 5.06. The molecule has 1 amide bonds. The number of carbonyl (C=O) groups excluding carboxylic acids is 1. The van der Waals surface area contributed by atoms with Crippen LogP contribution in [-0.4, -0.2) is 21.1 Å². The fourth-order valence-electron chi connectivity index (χ4n) is 2.07. The molecule has 8 heteroatoms. The number of hydrogen-bond acceptors (Lipinski definition) is 6. The standard InChI is InChI=1S/C17H15ClN6O/c1-11(25)20-13-6-8-15(9-7-13)22-17-23-16(10-19-24-17)21-14-4-2-12(18)3-5-14/h2-10H,1H3,(H,20,25)(H2,21,22,23,24). The van der Waals surface area contributed by atoms with Crippen LogP contribution in [0.1, 0.15) is 6.92 Å². The Hall–Kier alpha value is -3.19. The normalized spacial score (nSPS) is 10.2. The molecule has 0 spiro atoms. The highest BCUT2D eigenvalue weighted by molar-refractivity contribution is 6.30. The average Bonchev–Trinajstić information content (AvgIpc) is 2.59. The number of halogens is 1. The number of amides is 1. The number of hydrogen-bond donors (Lipinski definition) is 3. The summed E-state index contributed by atoms with van der Waals surface area (Å²) in [7, 11) is 0. The van der Waals surface area contributed by atoms with Crippen molar-refractivity contribution in [2.24, 2.45) is 0 Å². The molecular weight excluding hydrogens is 340 g/mol. The minimum Gasteiger partial charge on any atom is -0.339 e. The number of aromatic nitrogens is 3. The zero-order chi connectivity index (χ0) is 17.6. The van der Waals surface area contributed by atoms with Crippen LogP contribution in [0.5, 0.6) is 0 Å². The number of nitrogens with one attached hydrogen (secondary N) is 3. The van der Waals surface area contributed by atoms with Gasteiger partial charge >= 0.3 is 0 Å². The van der Waals surface area contributed by atoms with Gasteiger partial charge in [0, 0.05) is 29.0 Å². The van der Waals surface area contributed by atoms with Gasteiger partial charge in [-0.1, -0.05) is 11.6 Å². The Morgan fingerprint density at radius 1 is 0.920 bits per heavy atom. The van der Waals surface area contributed by atoms with Crippen molar-refractivity contribution in [3.8, 4) is 0 Å². The second-order valence-corrected chi connectivity index (χ2v) is 5.62. The molecule has 0 radical (unpaired) electrons. The van der Waals surface area contributed by atoms with Crippen molar-refractivity contribution >= 4 is 46.3 Å². The summed E-state index contributed by atoms with van der Waals surface area (Å²) in [6.07, 6.45) is 1.53. The molecule has 1 aromatic heterocycles. The lowest BCUT2D eigenvalue weighted by molar-refractivity contribution is -0.114. The van der Waals surface area contributed by atoms with E-state index in [-0.39, 0.29) is 5.91 Å².